The van der Waals surface area contributed by atoms with Gasteiger partial charge < -0.3 is 0 Å². The summed E-state index contributed by atoms with van der Waals surface area (Å²) in [6.45, 7) is 0. The van der Waals surface area contributed by atoms with Crippen LogP contribution in [-0.2, 0) is 20.2 Å². The van der Waals surface area contributed by atoms with Crippen LogP contribution in [0.25, 0.3) is 0 Å². The average Bonchev–Trinajstić information content (AvgIpc) is 2.14. The van der Waals surface area contributed by atoms with Crippen LogP contribution in [0.4, 0.5) is 0 Å². The third kappa shape index (κ3) is 2.85. The standard InChI is InChI=1S/C7H6O7S2/c8-4-5-1-6(15(9,10)11)3-7(2-5)16(12,13)14/h1-4H,(H,9,10,11)(H,12,13,14). The number of hydrogen-bond acceptors (Lipinski definition) is 5. The van der Waals surface area contributed by atoms with Gasteiger partial charge in [-0.05, 0) is 18.2 Å². The van der Waals surface area contributed by atoms with Crippen molar-refractivity contribution in [2.75, 3.05) is 0 Å². The van der Waals surface area contributed by atoms with E-state index in [1.165, 1.54) is 0 Å². The second-order valence-corrected chi connectivity index (χ2v) is 5.65. The fourth-order valence-electron chi connectivity index (χ4n) is 0.960. The first-order valence-electron chi connectivity index (χ1n) is 3.70. The molecule has 0 atom stereocenters. The van der Waals surface area contributed by atoms with Crippen LogP contribution in [0.3, 0.4) is 0 Å². The number of benzene rings is 1. The van der Waals surface area contributed by atoms with Gasteiger partial charge in [-0.2, -0.15) is 16.8 Å². The molecule has 2 N–H and O–H groups in total. The molecule has 1 aromatic rings. The molecule has 1 aromatic carbocycles. The molecule has 0 unspecified atom stereocenters. The van der Waals surface area contributed by atoms with Crippen molar-refractivity contribution in [2.45, 2.75) is 9.79 Å². The van der Waals surface area contributed by atoms with Crippen LogP contribution in [0, 0.1) is 0 Å². The van der Waals surface area contributed by atoms with E-state index in [1.807, 2.05) is 0 Å². The zero-order valence-electron chi connectivity index (χ0n) is 7.56. The van der Waals surface area contributed by atoms with Crippen LogP contribution in [0.5, 0.6) is 0 Å². The normalized spacial score (nSPS) is 12.4. The van der Waals surface area contributed by atoms with Crippen LogP contribution in [-0.4, -0.2) is 32.2 Å². The molecular weight excluding hydrogens is 260 g/mol. The molecule has 9 heteroatoms. The Hall–Kier alpha value is -1.29. The summed E-state index contributed by atoms with van der Waals surface area (Å²) in [5.74, 6) is 0. The molecule has 0 saturated carbocycles. The molecule has 0 aliphatic carbocycles. The predicted molar refractivity (Wildman–Crippen MR) is 51.5 cm³/mol. The molecule has 0 heterocycles. The zero-order valence-corrected chi connectivity index (χ0v) is 9.19. The summed E-state index contributed by atoms with van der Waals surface area (Å²) in [7, 11) is -9.31. The van der Waals surface area contributed by atoms with Gasteiger partial charge in [-0.3, -0.25) is 13.9 Å². The minimum atomic E-state index is -4.65. The number of hydrogen-bond donors (Lipinski definition) is 2. The lowest BCUT2D eigenvalue weighted by molar-refractivity contribution is 0.112. The Morgan fingerprint density at radius 1 is 0.875 bits per heavy atom. The topological polar surface area (TPSA) is 126 Å². The molecule has 0 aliphatic rings. The molecule has 0 radical (unpaired) electrons. The summed E-state index contributed by atoms with van der Waals surface area (Å²) in [5.41, 5.74) is -0.303. The Balaban J connectivity index is 3.64. The van der Waals surface area contributed by atoms with E-state index >= 15 is 0 Å². The maximum atomic E-state index is 10.7. The molecule has 0 aromatic heterocycles. The highest BCUT2D eigenvalue weighted by Gasteiger charge is 2.17. The fourth-order valence-corrected chi connectivity index (χ4v) is 2.16. The van der Waals surface area contributed by atoms with E-state index in [-0.39, 0.29) is 11.8 Å². The molecule has 0 spiro atoms. The minimum absolute atomic E-state index is 0.184. The van der Waals surface area contributed by atoms with Crippen LogP contribution < -0.4 is 0 Å². The highest BCUT2D eigenvalue weighted by molar-refractivity contribution is 7.86. The maximum Gasteiger partial charge on any atom is 0.294 e. The highest BCUT2D eigenvalue weighted by Crippen LogP contribution is 2.17. The Labute approximate surface area is 91.2 Å². The average molecular weight is 266 g/mol. The number of aldehydes is 1. The fraction of sp³-hybridized carbons (Fsp3) is 0. The largest absolute Gasteiger partial charge is 0.298 e. The zero-order chi connectivity index (χ0) is 12.6. The number of carbonyl (C=O) groups is 1. The Kier molecular flexibility index (Phi) is 3.15. The van der Waals surface area contributed by atoms with E-state index in [0.717, 1.165) is 12.1 Å². The van der Waals surface area contributed by atoms with Crippen LogP contribution >= 0.6 is 0 Å². The smallest absolute Gasteiger partial charge is 0.294 e. The van der Waals surface area contributed by atoms with Gasteiger partial charge in [0.15, 0.2) is 0 Å². The van der Waals surface area contributed by atoms with Crippen molar-refractivity contribution in [3.8, 4) is 0 Å². The molecule has 1 rings (SSSR count). The van der Waals surface area contributed by atoms with Gasteiger partial charge in [0.1, 0.15) is 6.29 Å². The molecule has 0 bridgehead atoms. The van der Waals surface area contributed by atoms with E-state index in [0.29, 0.717) is 6.07 Å². The summed E-state index contributed by atoms with van der Waals surface area (Å²) in [6, 6.07) is 2.09. The van der Waals surface area contributed by atoms with E-state index in [1.54, 1.807) is 0 Å². The van der Waals surface area contributed by atoms with E-state index in [2.05, 4.69) is 0 Å². The summed E-state index contributed by atoms with van der Waals surface area (Å²) < 4.78 is 60.3. The lowest BCUT2D eigenvalue weighted by Gasteiger charge is -2.02. The van der Waals surface area contributed by atoms with Crippen LogP contribution in [0.2, 0.25) is 0 Å². The first kappa shape index (κ1) is 12.8. The second kappa shape index (κ2) is 3.94. The molecular formula is C7H6O7S2. The van der Waals surface area contributed by atoms with Gasteiger partial charge in [-0.1, -0.05) is 0 Å². The van der Waals surface area contributed by atoms with Gasteiger partial charge in [0, 0.05) is 5.56 Å². The summed E-state index contributed by atoms with van der Waals surface area (Å²) in [4.78, 5) is 8.84. The molecule has 88 valence electrons. The molecule has 16 heavy (non-hydrogen) atoms. The molecule has 0 aliphatic heterocycles. The summed E-state index contributed by atoms with van der Waals surface area (Å²) in [6.07, 6.45) is 0.184. The Morgan fingerprint density at radius 3 is 1.50 bits per heavy atom. The third-order valence-electron chi connectivity index (χ3n) is 1.63. The summed E-state index contributed by atoms with van der Waals surface area (Å²) >= 11 is 0. The van der Waals surface area contributed by atoms with Crippen molar-refractivity contribution in [2.24, 2.45) is 0 Å². The van der Waals surface area contributed by atoms with Gasteiger partial charge in [-0.15, -0.1) is 0 Å². The SMILES string of the molecule is O=Cc1cc(S(=O)(=O)O)cc(S(=O)(=O)O)c1. The van der Waals surface area contributed by atoms with Crippen molar-refractivity contribution in [3.63, 3.8) is 0 Å². The minimum Gasteiger partial charge on any atom is -0.298 e. The lowest BCUT2D eigenvalue weighted by Crippen LogP contribution is -2.04. The van der Waals surface area contributed by atoms with Crippen molar-refractivity contribution < 1.29 is 30.7 Å². The Bertz CT molecular complexity index is 576. The summed E-state index contributed by atoms with van der Waals surface area (Å²) in [5, 5.41) is 0. The van der Waals surface area contributed by atoms with Gasteiger partial charge in [0.2, 0.25) is 0 Å². The number of carbonyl (C=O) groups excluding carboxylic acids is 1. The van der Waals surface area contributed by atoms with E-state index in [4.69, 9.17) is 9.11 Å². The number of rotatable bonds is 3. The van der Waals surface area contributed by atoms with Crippen molar-refractivity contribution in [1.29, 1.82) is 0 Å². The molecule has 7 nitrogen and oxygen atoms in total. The van der Waals surface area contributed by atoms with Crippen molar-refractivity contribution >= 4 is 26.5 Å². The monoisotopic (exact) mass is 266 g/mol. The predicted octanol–water partition coefficient (Wildman–Crippen LogP) is -0.00750. The van der Waals surface area contributed by atoms with E-state index < -0.39 is 30.0 Å². The van der Waals surface area contributed by atoms with Gasteiger partial charge in [0.05, 0.1) is 9.79 Å². The van der Waals surface area contributed by atoms with Crippen molar-refractivity contribution in [1.82, 2.24) is 0 Å². The third-order valence-corrected chi connectivity index (χ3v) is 3.30. The molecule has 0 fully saturated rings. The molecule has 0 amide bonds. The first-order chi connectivity index (χ1) is 7.14. The first-order valence-corrected chi connectivity index (χ1v) is 6.58. The van der Waals surface area contributed by atoms with Gasteiger partial charge >= 0.3 is 0 Å². The van der Waals surface area contributed by atoms with Crippen molar-refractivity contribution in [3.05, 3.63) is 23.8 Å². The van der Waals surface area contributed by atoms with E-state index in [9.17, 15) is 21.6 Å². The van der Waals surface area contributed by atoms with Crippen LogP contribution in [0.1, 0.15) is 10.4 Å². The second-order valence-electron chi connectivity index (χ2n) is 2.81. The Morgan fingerprint density at radius 2 is 1.25 bits per heavy atom. The quantitative estimate of drug-likeness (QED) is 0.582. The highest BCUT2D eigenvalue weighted by atomic mass is 32.2. The maximum absolute atomic E-state index is 10.7. The van der Waals surface area contributed by atoms with Gasteiger partial charge in [-0.25, -0.2) is 0 Å². The lowest BCUT2D eigenvalue weighted by atomic mass is 10.2. The molecule has 0 saturated heterocycles. The van der Waals surface area contributed by atoms with Gasteiger partial charge in [0.25, 0.3) is 20.2 Å². The van der Waals surface area contributed by atoms with Crippen LogP contribution in [0.15, 0.2) is 28.0 Å².